The molecular formula is C19H24ClN3O3S. The number of sulfonamides is 1. The van der Waals surface area contributed by atoms with E-state index in [2.05, 4.69) is 5.32 Å². The molecule has 0 aromatic heterocycles. The number of hydrogen-bond donors (Lipinski definition) is 1. The molecule has 2 aromatic carbocycles. The molecule has 0 aliphatic rings. The van der Waals surface area contributed by atoms with Crippen LogP contribution in [0.5, 0.6) is 0 Å². The van der Waals surface area contributed by atoms with Gasteiger partial charge in [-0.05, 0) is 57.4 Å². The predicted octanol–water partition coefficient (Wildman–Crippen LogP) is 2.85. The lowest BCUT2D eigenvalue weighted by atomic mass is 10.2. The van der Waals surface area contributed by atoms with Gasteiger partial charge in [0.25, 0.3) is 15.9 Å². The van der Waals surface area contributed by atoms with E-state index in [-0.39, 0.29) is 15.8 Å². The van der Waals surface area contributed by atoms with Crippen molar-refractivity contribution in [3.8, 4) is 0 Å². The van der Waals surface area contributed by atoms with Crippen molar-refractivity contribution in [3.63, 3.8) is 0 Å². The van der Waals surface area contributed by atoms with Crippen LogP contribution < -0.4 is 9.62 Å². The summed E-state index contributed by atoms with van der Waals surface area (Å²) in [5.41, 5.74) is 0.698. The fourth-order valence-electron chi connectivity index (χ4n) is 2.47. The molecule has 6 nitrogen and oxygen atoms in total. The molecular weight excluding hydrogens is 386 g/mol. The third kappa shape index (κ3) is 5.45. The lowest BCUT2D eigenvalue weighted by Crippen LogP contribution is -2.28. The Morgan fingerprint density at radius 3 is 2.33 bits per heavy atom. The maximum Gasteiger partial charge on any atom is 0.264 e. The van der Waals surface area contributed by atoms with E-state index in [0.717, 1.165) is 17.3 Å². The molecule has 1 amide bonds. The first kappa shape index (κ1) is 21.2. The van der Waals surface area contributed by atoms with E-state index in [0.29, 0.717) is 17.8 Å². The second-order valence-electron chi connectivity index (χ2n) is 6.36. The maximum atomic E-state index is 12.7. The third-order valence-corrected chi connectivity index (χ3v) is 6.14. The quantitative estimate of drug-likeness (QED) is 0.680. The van der Waals surface area contributed by atoms with Gasteiger partial charge in [0.15, 0.2) is 0 Å². The largest absolute Gasteiger partial charge is 0.352 e. The fourth-order valence-corrected chi connectivity index (χ4v) is 3.93. The van der Waals surface area contributed by atoms with Crippen molar-refractivity contribution < 1.29 is 13.2 Å². The molecule has 0 spiro atoms. The molecule has 2 aromatic rings. The highest BCUT2D eigenvalue weighted by Gasteiger charge is 2.22. The highest BCUT2D eigenvalue weighted by molar-refractivity contribution is 7.92. The molecule has 0 aliphatic carbocycles. The van der Waals surface area contributed by atoms with Crippen LogP contribution in [-0.4, -0.2) is 53.5 Å². The maximum absolute atomic E-state index is 12.7. The number of amides is 1. The van der Waals surface area contributed by atoms with Crippen LogP contribution in [-0.2, 0) is 10.0 Å². The normalized spacial score (nSPS) is 11.4. The van der Waals surface area contributed by atoms with Crippen molar-refractivity contribution in [3.05, 3.63) is 59.1 Å². The molecule has 0 atom stereocenters. The van der Waals surface area contributed by atoms with Crippen molar-refractivity contribution in [1.82, 2.24) is 10.2 Å². The molecule has 0 saturated heterocycles. The average Bonchev–Trinajstić information content (AvgIpc) is 2.64. The molecule has 0 saturated carbocycles. The van der Waals surface area contributed by atoms with E-state index >= 15 is 0 Å². The van der Waals surface area contributed by atoms with Crippen LogP contribution in [0.4, 0.5) is 5.69 Å². The molecule has 146 valence electrons. The molecule has 0 aliphatic heterocycles. The number of carbonyl (C=O) groups excluding carboxylic acids is 1. The summed E-state index contributed by atoms with van der Waals surface area (Å²) >= 11 is 6.24. The van der Waals surface area contributed by atoms with Crippen molar-refractivity contribution in [2.75, 3.05) is 38.5 Å². The highest BCUT2D eigenvalue weighted by Crippen LogP contribution is 2.27. The summed E-state index contributed by atoms with van der Waals surface area (Å²) in [4.78, 5) is 14.5. The summed E-state index contributed by atoms with van der Waals surface area (Å²) in [7, 11) is 1.69. The number of rotatable bonds is 8. The monoisotopic (exact) mass is 409 g/mol. The predicted molar refractivity (Wildman–Crippen MR) is 109 cm³/mol. The lowest BCUT2D eigenvalue weighted by molar-refractivity contribution is 0.0952. The van der Waals surface area contributed by atoms with Crippen molar-refractivity contribution in [1.29, 1.82) is 0 Å². The highest BCUT2D eigenvalue weighted by atomic mass is 35.5. The van der Waals surface area contributed by atoms with E-state index < -0.39 is 10.0 Å². The Morgan fingerprint density at radius 1 is 1.07 bits per heavy atom. The van der Waals surface area contributed by atoms with Gasteiger partial charge in [-0.1, -0.05) is 29.8 Å². The fraction of sp³-hybridized carbons (Fsp3) is 0.316. The summed E-state index contributed by atoms with van der Waals surface area (Å²) in [6.45, 7) is 1.41. The zero-order chi connectivity index (χ0) is 20.0. The number of benzene rings is 2. The molecule has 27 heavy (non-hydrogen) atoms. The van der Waals surface area contributed by atoms with Gasteiger partial charge >= 0.3 is 0 Å². The van der Waals surface area contributed by atoms with Crippen molar-refractivity contribution >= 4 is 33.2 Å². The second kappa shape index (κ2) is 9.21. The molecule has 8 heteroatoms. The summed E-state index contributed by atoms with van der Waals surface area (Å²) < 4.78 is 26.5. The van der Waals surface area contributed by atoms with E-state index in [4.69, 9.17) is 11.6 Å². The van der Waals surface area contributed by atoms with E-state index in [9.17, 15) is 13.2 Å². The van der Waals surface area contributed by atoms with Crippen LogP contribution in [0.25, 0.3) is 0 Å². The molecule has 0 bridgehead atoms. The van der Waals surface area contributed by atoms with Gasteiger partial charge in [-0.25, -0.2) is 8.42 Å². The molecule has 0 heterocycles. The number of anilines is 1. The average molecular weight is 410 g/mol. The zero-order valence-corrected chi connectivity index (χ0v) is 17.2. The van der Waals surface area contributed by atoms with Gasteiger partial charge in [-0.15, -0.1) is 0 Å². The van der Waals surface area contributed by atoms with Crippen LogP contribution in [0.15, 0.2) is 53.4 Å². The first-order valence-corrected chi connectivity index (χ1v) is 10.3. The Bertz CT molecular complexity index is 886. The minimum absolute atomic E-state index is 0.186. The van der Waals surface area contributed by atoms with E-state index in [1.54, 1.807) is 24.3 Å². The number of hydrogen-bond acceptors (Lipinski definition) is 4. The molecule has 0 unspecified atom stereocenters. The van der Waals surface area contributed by atoms with Crippen LogP contribution in [0.3, 0.4) is 0 Å². The number of carbonyl (C=O) groups is 1. The zero-order valence-electron chi connectivity index (χ0n) is 15.6. The summed E-state index contributed by atoms with van der Waals surface area (Å²) in [5, 5.41) is 3.02. The molecule has 1 N–H and O–H groups in total. The topological polar surface area (TPSA) is 69.7 Å². The van der Waals surface area contributed by atoms with Crippen molar-refractivity contribution in [2.45, 2.75) is 11.3 Å². The van der Waals surface area contributed by atoms with Crippen LogP contribution >= 0.6 is 11.6 Å². The van der Waals surface area contributed by atoms with E-state index in [1.165, 1.54) is 31.3 Å². The Balaban J connectivity index is 2.13. The van der Waals surface area contributed by atoms with Crippen LogP contribution in [0.2, 0.25) is 5.02 Å². The van der Waals surface area contributed by atoms with E-state index in [1.807, 2.05) is 19.0 Å². The van der Waals surface area contributed by atoms with Gasteiger partial charge in [-0.3, -0.25) is 9.10 Å². The van der Waals surface area contributed by atoms with Gasteiger partial charge in [0.1, 0.15) is 0 Å². The lowest BCUT2D eigenvalue weighted by Gasteiger charge is -2.20. The van der Waals surface area contributed by atoms with Gasteiger partial charge in [0.05, 0.1) is 21.2 Å². The Hall–Kier alpha value is -2.09. The number of nitrogens with one attached hydrogen (secondary N) is 1. The molecule has 2 rings (SSSR count). The Kier molecular flexibility index (Phi) is 7.24. The Morgan fingerprint density at radius 2 is 1.74 bits per heavy atom. The smallest absolute Gasteiger partial charge is 0.264 e. The first-order valence-electron chi connectivity index (χ1n) is 8.50. The third-order valence-electron chi connectivity index (χ3n) is 4.03. The number of nitrogens with zero attached hydrogens (tertiary/aromatic N) is 2. The second-order valence-corrected chi connectivity index (χ2v) is 8.74. The van der Waals surface area contributed by atoms with Gasteiger partial charge in [0.2, 0.25) is 0 Å². The molecule has 0 radical (unpaired) electrons. The molecule has 0 fully saturated rings. The van der Waals surface area contributed by atoms with Gasteiger partial charge in [-0.2, -0.15) is 0 Å². The first-order chi connectivity index (χ1) is 12.7. The SMILES string of the molecule is CN(C)CCCNC(=O)c1ccc(N(C)S(=O)(=O)c2ccccc2)cc1Cl. The summed E-state index contributed by atoms with van der Waals surface area (Å²) in [5.74, 6) is -0.279. The Labute approximate surface area is 165 Å². The summed E-state index contributed by atoms with van der Waals surface area (Å²) in [6, 6.07) is 12.7. The van der Waals surface area contributed by atoms with Gasteiger partial charge in [0, 0.05) is 13.6 Å². The van der Waals surface area contributed by atoms with Crippen LogP contribution in [0, 0.1) is 0 Å². The standard InChI is InChI=1S/C19H24ClN3O3S/c1-22(2)13-7-12-21-19(24)17-11-10-15(14-18(17)20)23(3)27(25,26)16-8-5-4-6-9-16/h4-6,8-11,14H,7,12-13H2,1-3H3,(H,21,24). The summed E-state index contributed by atoms with van der Waals surface area (Å²) in [6.07, 6.45) is 0.826. The minimum Gasteiger partial charge on any atom is -0.352 e. The minimum atomic E-state index is -3.70. The van der Waals surface area contributed by atoms with Crippen molar-refractivity contribution in [2.24, 2.45) is 0 Å². The van der Waals surface area contributed by atoms with Crippen LogP contribution in [0.1, 0.15) is 16.8 Å². The van der Waals surface area contributed by atoms with Gasteiger partial charge < -0.3 is 10.2 Å². The number of halogens is 1.